The third kappa shape index (κ3) is 1.44. The van der Waals surface area contributed by atoms with Crippen molar-refractivity contribution in [3.63, 3.8) is 0 Å². The van der Waals surface area contributed by atoms with Crippen molar-refractivity contribution in [2.24, 2.45) is 0 Å². The summed E-state index contributed by atoms with van der Waals surface area (Å²) in [5.41, 5.74) is -0.884. The van der Waals surface area contributed by atoms with Crippen molar-refractivity contribution in [2.75, 3.05) is 13.7 Å². The molecule has 0 amide bonds. The molecule has 0 radical (unpaired) electrons. The molecule has 1 aromatic heterocycles. The van der Waals surface area contributed by atoms with Crippen molar-refractivity contribution in [1.29, 1.82) is 0 Å². The van der Waals surface area contributed by atoms with Gasteiger partial charge in [-0.1, -0.05) is 0 Å². The van der Waals surface area contributed by atoms with E-state index in [1.807, 2.05) is 0 Å². The lowest BCUT2D eigenvalue weighted by Crippen LogP contribution is -2.28. The summed E-state index contributed by atoms with van der Waals surface area (Å²) in [7, 11) is 1.56. The van der Waals surface area contributed by atoms with Crippen molar-refractivity contribution in [2.45, 2.75) is 12.6 Å². The maximum Gasteiger partial charge on any atom is 0.331 e. The summed E-state index contributed by atoms with van der Waals surface area (Å²) in [4.78, 5) is 24.4. The molecule has 0 fully saturated rings. The van der Waals surface area contributed by atoms with Gasteiger partial charge >= 0.3 is 5.69 Å². The summed E-state index contributed by atoms with van der Waals surface area (Å²) in [6.07, 6.45) is -0.192. The number of fused-ring (bicyclic) bond motifs is 1. The summed E-state index contributed by atoms with van der Waals surface area (Å²) >= 11 is 0. The lowest BCUT2D eigenvalue weighted by Gasteiger charge is -2.05. The van der Waals surface area contributed by atoms with Gasteiger partial charge < -0.3 is 9.47 Å². The van der Waals surface area contributed by atoms with Crippen LogP contribution in [0.4, 0.5) is 0 Å². The molecule has 6 nitrogen and oxygen atoms in total. The topological polar surface area (TPSA) is 73.3 Å². The Balaban J connectivity index is 2.35. The minimum atomic E-state index is -0.445. The van der Waals surface area contributed by atoms with Crippen LogP contribution >= 0.6 is 0 Å². The van der Waals surface area contributed by atoms with Crippen LogP contribution in [0.2, 0.25) is 0 Å². The molecule has 1 aliphatic heterocycles. The first-order chi connectivity index (χ1) is 6.70. The number of nitrogens with one attached hydrogen (secondary N) is 1. The Kier molecular flexibility index (Phi) is 2.12. The number of methoxy groups -OCH3 is 1. The number of aromatic nitrogens is 2. The Hall–Kier alpha value is -1.56. The van der Waals surface area contributed by atoms with E-state index < -0.39 is 11.2 Å². The van der Waals surface area contributed by atoms with Crippen LogP contribution in [0.25, 0.3) is 0 Å². The third-order valence-corrected chi connectivity index (χ3v) is 2.02. The zero-order valence-electron chi connectivity index (χ0n) is 7.65. The third-order valence-electron chi connectivity index (χ3n) is 2.02. The molecule has 0 saturated carbocycles. The summed E-state index contributed by atoms with van der Waals surface area (Å²) < 4.78 is 11.6. The SMILES string of the molecule is COCC1Cn2c(cc(=O)[nH]c2=O)O1. The van der Waals surface area contributed by atoms with E-state index in [2.05, 4.69) is 4.98 Å². The fraction of sp³-hybridized carbons (Fsp3) is 0.500. The Morgan fingerprint density at radius 3 is 3.21 bits per heavy atom. The van der Waals surface area contributed by atoms with Crippen molar-refractivity contribution in [3.8, 4) is 5.88 Å². The van der Waals surface area contributed by atoms with Gasteiger partial charge in [0.2, 0.25) is 5.88 Å². The average molecular weight is 198 g/mol. The van der Waals surface area contributed by atoms with E-state index in [1.165, 1.54) is 10.6 Å². The number of aromatic amines is 1. The molecular formula is C8H10N2O4. The van der Waals surface area contributed by atoms with E-state index in [0.717, 1.165) is 0 Å². The highest BCUT2D eigenvalue weighted by atomic mass is 16.5. The number of hydrogen-bond donors (Lipinski definition) is 1. The zero-order valence-corrected chi connectivity index (χ0v) is 7.65. The van der Waals surface area contributed by atoms with E-state index >= 15 is 0 Å². The lowest BCUT2D eigenvalue weighted by molar-refractivity contribution is 0.0939. The number of hydrogen-bond acceptors (Lipinski definition) is 4. The molecular weight excluding hydrogens is 188 g/mol. The quantitative estimate of drug-likeness (QED) is 0.657. The molecule has 2 rings (SSSR count). The van der Waals surface area contributed by atoms with Crippen LogP contribution in [0.5, 0.6) is 5.88 Å². The highest BCUT2D eigenvalue weighted by Crippen LogP contribution is 2.16. The van der Waals surface area contributed by atoms with Crippen LogP contribution in [0.1, 0.15) is 0 Å². The molecule has 0 aliphatic carbocycles. The van der Waals surface area contributed by atoms with Gasteiger partial charge in [-0.15, -0.1) is 0 Å². The summed E-state index contributed by atoms with van der Waals surface area (Å²) in [5, 5.41) is 0. The van der Waals surface area contributed by atoms with E-state index in [0.29, 0.717) is 19.0 Å². The highest BCUT2D eigenvalue weighted by molar-refractivity contribution is 5.12. The van der Waals surface area contributed by atoms with Gasteiger partial charge in [-0.3, -0.25) is 14.3 Å². The number of rotatable bonds is 2. The maximum absolute atomic E-state index is 11.3. The van der Waals surface area contributed by atoms with Crippen molar-refractivity contribution in [1.82, 2.24) is 9.55 Å². The van der Waals surface area contributed by atoms with Crippen LogP contribution in [0.3, 0.4) is 0 Å². The minimum Gasteiger partial charge on any atom is -0.471 e. The molecule has 2 heterocycles. The fourth-order valence-electron chi connectivity index (χ4n) is 1.45. The first kappa shape index (κ1) is 9.01. The predicted molar refractivity (Wildman–Crippen MR) is 47.6 cm³/mol. The Bertz CT molecular complexity index is 447. The average Bonchev–Trinajstić information content (AvgIpc) is 2.48. The second kappa shape index (κ2) is 3.30. The van der Waals surface area contributed by atoms with Crippen molar-refractivity contribution < 1.29 is 9.47 Å². The molecule has 0 saturated heterocycles. The van der Waals surface area contributed by atoms with Crippen LogP contribution in [0.15, 0.2) is 15.7 Å². The largest absolute Gasteiger partial charge is 0.471 e. The molecule has 76 valence electrons. The molecule has 6 heteroatoms. The maximum atomic E-state index is 11.3. The van der Waals surface area contributed by atoms with E-state index in [9.17, 15) is 9.59 Å². The fourth-order valence-corrected chi connectivity index (χ4v) is 1.45. The summed E-state index contributed by atoms with van der Waals surface area (Å²) in [6.45, 7) is 0.814. The molecule has 0 bridgehead atoms. The van der Waals surface area contributed by atoms with Gasteiger partial charge in [-0.2, -0.15) is 0 Å². The van der Waals surface area contributed by atoms with Gasteiger partial charge in [-0.05, 0) is 0 Å². The highest BCUT2D eigenvalue weighted by Gasteiger charge is 2.23. The van der Waals surface area contributed by atoms with E-state index in [-0.39, 0.29) is 6.10 Å². The molecule has 0 aromatic carbocycles. The minimum absolute atomic E-state index is 0.192. The Labute approximate surface area is 79.1 Å². The molecule has 14 heavy (non-hydrogen) atoms. The molecule has 1 aromatic rings. The molecule has 1 unspecified atom stereocenters. The Morgan fingerprint density at radius 2 is 2.50 bits per heavy atom. The van der Waals surface area contributed by atoms with Gasteiger partial charge in [0.25, 0.3) is 5.56 Å². The standard InChI is InChI=1S/C8H10N2O4/c1-13-4-5-3-10-7(14-5)2-6(11)9-8(10)12/h2,5H,3-4H2,1H3,(H,9,11,12). The van der Waals surface area contributed by atoms with Gasteiger partial charge in [0.1, 0.15) is 6.10 Å². The van der Waals surface area contributed by atoms with Crippen LogP contribution in [-0.2, 0) is 11.3 Å². The van der Waals surface area contributed by atoms with Crippen LogP contribution in [0, 0.1) is 0 Å². The monoisotopic (exact) mass is 198 g/mol. The summed E-state index contributed by atoms with van der Waals surface area (Å²) in [6, 6.07) is 1.26. The Morgan fingerprint density at radius 1 is 1.71 bits per heavy atom. The number of nitrogens with zero attached hydrogens (tertiary/aromatic N) is 1. The van der Waals surface area contributed by atoms with Crippen LogP contribution < -0.4 is 16.0 Å². The van der Waals surface area contributed by atoms with E-state index in [1.54, 1.807) is 7.11 Å². The van der Waals surface area contributed by atoms with Crippen LogP contribution in [-0.4, -0.2) is 29.4 Å². The van der Waals surface area contributed by atoms with Gasteiger partial charge in [0.05, 0.1) is 19.2 Å². The first-order valence-corrected chi connectivity index (χ1v) is 4.20. The van der Waals surface area contributed by atoms with Crippen molar-refractivity contribution in [3.05, 3.63) is 26.9 Å². The zero-order chi connectivity index (χ0) is 10.1. The smallest absolute Gasteiger partial charge is 0.331 e. The number of H-pyrrole nitrogens is 1. The molecule has 1 atom stereocenters. The second-order valence-corrected chi connectivity index (χ2v) is 3.08. The number of ether oxygens (including phenoxy) is 2. The lowest BCUT2D eigenvalue weighted by atomic mass is 10.4. The first-order valence-electron chi connectivity index (χ1n) is 4.20. The van der Waals surface area contributed by atoms with Gasteiger partial charge in [0, 0.05) is 7.11 Å². The molecule has 1 N–H and O–H groups in total. The normalized spacial score (nSPS) is 19.1. The molecule has 1 aliphatic rings. The van der Waals surface area contributed by atoms with Crippen molar-refractivity contribution >= 4 is 0 Å². The van der Waals surface area contributed by atoms with Gasteiger partial charge in [0.15, 0.2) is 0 Å². The second-order valence-electron chi connectivity index (χ2n) is 3.08. The van der Waals surface area contributed by atoms with E-state index in [4.69, 9.17) is 9.47 Å². The molecule has 0 spiro atoms. The summed E-state index contributed by atoms with van der Waals surface area (Å²) in [5.74, 6) is 0.306. The predicted octanol–water partition coefficient (Wildman–Crippen LogP) is -1.06. The van der Waals surface area contributed by atoms with Gasteiger partial charge in [-0.25, -0.2) is 4.79 Å².